The lowest BCUT2D eigenvalue weighted by Gasteiger charge is -2.06. The highest BCUT2D eigenvalue weighted by Crippen LogP contribution is 2.32. The standard InChI is InChI=1S/C11H6Br2O2/c12-8-4-5-9(13)10-6(8)2-1-3-7(10)11(14)15/h1-5H,(H,14,15). The predicted octanol–water partition coefficient (Wildman–Crippen LogP) is 4.06. The number of hydrogen-bond donors (Lipinski definition) is 1. The van der Waals surface area contributed by atoms with Gasteiger partial charge < -0.3 is 5.11 Å². The summed E-state index contributed by atoms with van der Waals surface area (Å²) in [7, 11) is 0. The number of fused-ring (bicyclic) bond motifs is 1. The smallest absolute Gasteiger partial charge is 0.336 e. The van der Waals surface area contributed by atoms with Gasteiger partial charge in [-0.25, -0.2) is 4.79 Å². The maximum atomic E-state index is 11.0. The molecule has 0 spiro atoms. The normalized spacial score (nSPS) is 10.5. The van der Waals surface area contributed by atoms with Gasteiger partial charge in [0.15, 0.2) is 0 Å². The molecule has 0 heterocycles. The minimum atomic E-state index is -0.917. The summed E-state index contributed by atoms with van der Waals surface area (Å²) in [5.41, 5.74) is 0.306. The second-order valence-electron chi connectivity index (χ2n) is 3.06. The van der Waals surface area contributed by atoms with E-state index in [9.17, 15) is 4.79 Å². The number of carboxylic acids is 1. The molecule has 0 amide bonds. The molecule has 2 nitrogen and oxygen atoms in total. The molecular weight excluding hydrogens is 324 g/mol. The Morgan fingerprint density at radius 1 is 1.07 bits per heavy atom. The fourth-order valence-corrected chi connectivity index (χ4v) is 2.53. The van der Waals surface area contributed by atoms with Gasteiger partial charge >= 0.3 is 5.97 Å². The molecule has 2 aromatic carbocycles. The zero-order chi connectivity index (χ0) is 11.0. The summed E-state index contributed by atoms with van der Waals surface area (Å²) in [6, 6.07) is 8.94. The third-order valence-corrected chi connectivity index (χ3v) is 3.52. The molecule has 15 heavy (non-hydrogen) atoms. The molecule has 0 unspecified atom stereocenters. The topological polar surface area (TPSA) is 37.3 Å². The molecule has 0 aliphatic carbocycles. The second kappa shape index (κ2) is 3.94. The van der Waals surface area contributed by atoms with Gasteiger partial charge in [0.1, 0.15) is 0 Å². The Kier molecular flexibility index (Phi) is 2.80. The van der Waals surface area contributed by atoms with Gasteiger partial charge in [0.25, 0.3) is 0 Å². The van der Waals surface area contributed by atoms with E-state index in [1.807, 2.05) is 18.2 Å². The maximum Gasteiger partial charge on any atom is 0.336 e. The molecule has 0 saturated carbocycles. The van der Waals surface area contributed by atoms with Crippen molar-refractivity contribution in [3.8, 4) is 0 Å². The number of carbonyl (C=O) groups is 1. The lowest BCUT2D eigenvalue weighted by atomic mass is 10.1. The van der Waals surface area contributed by atoms with Gasteiger partial charge in [-0.3, -0.25) is 0 Å². The fraction of sp³-hybridized carbons (Fsp3) is 0. The van der Waals surface area contributed by atoms with Crippen molar-refractivity contribution in [2.75, 3.05) is 0 Å². The Bertz CT molecular complexity index is 550. The fourth-order valence-electron chi connectivity index (χ4n) is 1.51. The number of rotatable bonds is 1. The van der Waals surface area contributed by atoms with Gasteiger partial charge in [0.05, 0.1) is 5.56 Å². The molecule has 0 radical (unpaired) electrons. The molecule has 0 atom stereocenters. The predicted molar refractivity (Wildman–Crippen MR) is 66.3 cm³/mol. The number of aromatic carboxylic acids is 1. The molecule has 0 bridgehead atoms. The molecule has 0 aliphatic rings. The molecule has 0 aliphatic heterocycles. The van der Waals surface area contributed by atoms with E-state index in [0.717, 1.165) is 19.7 Å². The van der Waals surface area contributed by atoms with E-state index in [4.69, 9.17) is 5.11 Å². The Morgan fingerprint density at radius 3 is 2.40 bits per heavy atom. The second-order valence-corrected chi connectivity index (χ2v) is 4.77. The van der Waals surface area contributed by atoms with E-state index < -0.39 is 5.97 Å². The highest BCUT2D eigenvalue weighted by Gasteiger charge is 2.11. The van der Waals surface area contributed by atoms with Crippen molar-refractivity contribution in [3.05, 3.63) is 44.8 Å². The van der Waals surface area contributed by atoms with Crippen LogP contribution in [0.3, 0.4) is 0 Å². The lowest BCUT2D eigenvalue weighted by molar-refractivity contribution is 0.0699. The average Bonchev–Trinajstić information content (AvgIpc) is 2.23. The van der Waals surface area contributed by atoms with E-state index in [-0.39, 0.29) is 0 Å². The summed E-state index contributed by atoms with van der Waals surface area (Å²) in [5.74, 6) is -0.917. The van der Waals surface area contributed by atoms with Crippen molar-refractivity contribution in [1.82, 2.24) is 0 Å². The van der Waals surface area contributed by atoms with Crippen LogP contribution in [0, 0.1) is 0 Å². The first-order valence-electron chi connectivity index (χ1n) is 4.21. The van der Waals surface area contributed by atoms with Crippen molar-refractivity contribution in [2.45, 2.75) is 0 Å². The monoisotopic (exact) mass is 328 g/mol. The van der Waals surface area contributed by atoms with Crippen LogP contribution in [0.5, 0.6) is 0 Å². The third kappa shape index (κ3) is 1.79. The summed E-state index contributed by atoms with van der Waals surface area (Å²) in [5, 5.41) is 10.7. The number of benzene rings is 2. The number of halogens is 2. The quantitative estimate of drug-likeness (QED) is 0.856. The zero-order valence-corrected chi connectivity index (χ0v) is 10.7. The molecule has 0 fully saturated rings. The molecular formula is C11H6Br2O2. The number of carboxylic acid groups (broad SMARTS) is 1. The maximum absolute atomic E-state index is 11.0. The van der Waals surface area contributed by atoms with Gasteiger partial charge in [-0.05, 0) is 23.6 Å². The molecule has 1 N–H and O–H groups in total. The van der Waals surface area contributed by atoms with Gasteiger partial charge in [0, 0.05) is 14.3 Å². The summed E-state index contributed by atoms with van der Waals surface area (Å²) in [4.78, 5) is 11.0. The van der Waals surface area contributed by atoms with Crippen LogP contribution in [0.15, 0.2) is 39.3 Å². The van der Waals surface area contributed by atoms with Crippen LogP contribution in [0.4, 0.5) is 0 Å². The summed E-state index contributed by atoms with van der Waals surface area (Å²) >= 11 is 6.77. The van der Waals surface area contributed by atoms with Crippen LogP contribution >= 0.6 is 31.9 Å². The summed E-state index contributed by atoms with van der Waals surface area (Å²) in [6.45, 7) is 0. The van der Waals surface area contributed by atoms with E-state index in [1.54, 1.807) is 12.1 Å². The van der Waals surface area contributed by atoms with Crippen molar-refractivity contribution in [3.63, 3.8) is 0 Å². The minimum Gasteiger partial charge on any atom is -0.478 e. The van der Waals surface area contributed by atoms with Crippen molar-refractivity contribution >= 4 is 48.6 Å². The van der Waals surface area contributed by atoms with E-state index >= 15 is 0 Å². The molecule has 2 aromatic rings. The van der Waals surface area contributed by atoms with Gasteiger partial charge in [-0.2, -0.15) is 0 Å². The van der Waals surface area contributed by atoms with Crippen LogP contribution in [-0.4, -0.2) is 11.1 Å². The third-order valence-electron chi connectivity index (χ3n) is 2.17. The summed E-state index contributed by atoms with van der Waals surface area (Å²) in [6.07, 6.45) is 0. The molecule has 0 aromatic heterocycles. The first-order chi connectivity index (χ1) is 7.11. The van der Waals surface area contributed by atoms with Crippen molar-refractivity contribution in [2.24, 2.45) is 0 Å². The van der Waals surface area contributed by atoms with Gasteiger partial charge in [-0.1, -0.05) is 44.0 Å². The Morgan fingerprint density at radius 2 is 1.73 bits per heavy atom. The highest BCUT2D eigenvalue weighted by atomic mass is 79.9. The van der Waals surface area contributed by atoms with Crippen LogP contribution in [0.1, 0.15) is 10.4 Å². The first-order valence-corrected chi connectivity index (χ1v) is 5.80. The average molecular weight is 330 g/mol. The largest absolute Gasteiger partial charge is 0.478 e. The molecule has 2 rings (SSSR count). The van der Waals surface area contributed by atoms with Gasteiger partial charge in [-0.15, -0.1) is 0 Å². The lowest BCUT2D eigenvalue weighted by Crippen LogP contribution is -1.97. The highest BCUT2D eigenvalue weighted by molar-refractivity contribution is 9.11. The van der Waals surface area contributed by atoms with Crippen LogP contribution < -0.4 is 0 Å². The van der Waals surface area contributed by atoms with Crippen LogP contribution in [0.2, 0.25) is 0 Å². The SMILES string of the molecule is O=C(O)c1cccc2c(Br)ccc(Br)c12. The van der Waals surface area contributed by atoms with Crippen LogP contribution in [-0.2, 0) is 0 Å². The van der Waals surface area contributed by atoms with Gasteiger partial charge in [0.2, 0.25) is 0 Å². The molecule has 0 saturated heterocycles. The summed E-state index contributed by atoms with van der Waals surface area (Å²) < 4.78 is 1.68. The van der Waals surface area contributed by atoms with E-state index in [0.29, 0.717) is 5.56 Å². The Labute approximate surface area is 103 Å². The minimum absolute atomic E-state index is 0.306. The van der Waals surface area contributed by atoms with Crippen molar-refractivity contribution < 1.29 is 9.90 Å². The van der Waals surface area contributed by atoms with Crippen LogP contribution in [0.25, 0.3) is 10.8 Å². The van der Waals surface area contributed by atoms with E-state index in [1.165, 1.54) is 0 Å². The molecule has 4 heteroatoms. The van der Waals surface area contributed by atoms with Crippen molar-refractivity contribution in [1.29, 1.82) is 0 Å². The van der Waals surface area contributed by atoms with E-state index in [2.05, 4.69) is 31.9 Å². The zero-order valence-electron chi connectivity index (χ0n) is 7.50. The number of hydrogen-bond acceptors (Lipinski definition) is 1. The Hall–Kier alpha value is -0.870. The molecule has 76 valence electrons. The first kappa shape index (κ1) is 10.6. The Balaban J connectivity index is 2.96.